The summed E-state index contributed by atoms with van der Waals surface area (Å²) in [5.41, 5.74) is 0. The zero-order valence-corrected chi connectivity index (χ0v) is 17.2. The third-order valence-corrected chi connectivity index (χ3v) is 12.1. The lowest BCUT2D eigenvalue weighted by atomic mass is 9.53. The van der Waals surface area contributed by atoms with Gasteiger partial charge >= 0.3 is 5.97 Å². The van der Waals surface area contributed by atoms with Crippen LogP contribution in [0.15, 0.2) is 12.2 Å². The maximum Gasteiger partial charge on any atom is 0.310 e. The second-order valence-electron chi connectivity index (χ2n) is 12.0. The zero-order chi connectivity index (χ0) is 19.2. The highest BCUT2D eigenvalue weighted by atomic mass is 16.5. The Morgan fingerprint density at radius 3 is 1.93 bits per heavy atom. The predicted molar refractivity (Wildman–Crippen MR) is 106 cm³/mol. The van der Waals surface area contributed by atoms with Crippen LogP contribution < -0.4 is 0 Å². The summed E-state index contributed by atoms with van der Waals surface area (Å²) < 4.78 is 5.47. The van der Waals surface area contributed by atoms with E-state index in [4.69, 9.17) is 4.74 Å². The van der Waals surface area contributed by atoms with Gasteiger partial charge in [0.25, 0.3) is 0 Å². The standard InChI is InChI=1S/C26H31NO2/c1-2-29-26(28)25-17-6-12(18(25)9-27)21-15-8-16(24(17)21)23-14-7-13(22(15)23)19-10-3-4-11(5-10)20(14)19/h3-4,10-25H,2,5-8H2,1H3. The first-order valence-corrected chi connectivity index (χ1v) is 12.5. The molecule has 7 fully saturated rings. The molecule has 0 aromatic carbocycles. The first-order valence-electron chi connectivity index (χ1n) is 12.5. The van der Waals surface area contributed by atoms with Gasteiger partial charge in [0.15, 0.2) is 0 Å². The van der Waals surface area contributed by atoms with Crippen molar-refractivity contribution in [1.29, 1.82) is 5.26 Å². The van der Waals surface area contributed by atoms with Crippen LogP contribution in [0.1, 0.15) is 32.6 Å². The second kappa shape index (κ2) is 5.12. The van der Waals surface area contributed by atoms with Crippen LogP contribution in [-0.2, 0) is 9.53 Å². The molecule has 16 unspecified atom stereocenters. The van der Waals surface area contributed by atoms with Crippen LogP contribution in [0.2, 0.25) is 0 Å². The maximum absolute atomic E-state index is 12.8. The van der Waals surface area contributed by atoms with Crippen molar-refractivity contribution in [3.05, 3.63) is 12.2 Å². The van der Waals surface area contributed by atoms with E-state index < -0.39 is 0 Å². The summed E-state index contributed by atoms with van der Waals surface area (Å²) >= 11 is 0. The Kier molecular flexibility index (Phi) is 2.89. The average Bonchev–Trinajstić information content (AvgIpc) is 3.54. The lowest BCUT2D eigenvalue weighted by molar-refractivity contribution is -0.154. The van der Waals surface area contributed by atoms with Gasteiger partial charge in [-0.15, -0.1) is 0 Å². The molecule has 8 aliphatic rings. The van der Waals surface area contributed by atoms with Gasteiger partial charge in [-0.05, 0) is 115 Å². The molecule has 0 radical (unpaired) electrons. The average molecular weight is 390 g/mol. The molecule has 16 atom stereocenters. The van der Waals surface area contributed by atoms with Crippen LogP contribution in [0.4, 0.5) is 0 Å². The normalized spacial score (nSPS) is 65.7. The Hall–Kier alpha value is -1.30. The largest absolute Gasteiger partial charge is 0.466 e. The molecule has 3 nitrogen and oxygen atoms in total. The summed E-state index contributed by atoms with van der Waals surface area (Å²) in [7, 11) is 0. The Morgan fingerprint density at radius 2 is 1.34 bits per heavy atom. The van der Waals surface area contributed by atoms with Crippen molar-refractivity contribution < 1.29 is 9.53 Å². The van der Waals surface area contributed by atoms with E-state index in [1.807, 2.05) is 6.92 Å². The molecule has 0 aliphatic heterocycles. The van der Waals surface area contributed by atoms with E-state index in [0.717, 1.165) is 77.4 Å². The van der Waals surface area contributed by atoms with E-state index in [9.17, 15) is 10.1 Å². The SMILES string of the molecule is CCOC(=O)C1C(C#N)C2CC1C1C3CC(C21)C1C2CC(C4C5C=CC(C5)C24)C31. The third-order valence-electron chi connectivity index (χ3n) is 12.1. The van der Waals surface area contributed by atoms with Gasteiger partial charge in [-0.2, -0.15) is 5.26 Å². The molecular formula is C26H31NO2. The number of ether oxygens (including phenoxy) is 1. The molecule has 0 aromatic heterocycles. The first-order chi connectivity index (χ1) is 14.2. The van der Waals surface area contributed by atoms with Crippen LogP contribution >= 0.6 is 0 Å². The molecule has 3 heteroatoms. The fourth-order valence-corrected chi connectivity index (χ4v) is 12.2. The van der Waals surface area contributed by atoms with Crippen molar-refractivity contribution in [3.63, 3.8) is 0 Å². The lowest BCUT2D eigenvalue weighted by Crippen LogP contribution is -2.49. The number of allylic oxidation sites excluding steroid dienone is 2. The summed E-state index contributed by atoms with van der Waals surface area (Å²) in [6.07, 6.45) is 10.7. The molecule has 8 aliphatic carbocycles. The van der Waals surface area contributed by atoms with Gasteiger partial charge in [0.2, 0.25) is 0 Å². The number of carbonyl (C=O) groups is 1. The van der Waals surface area contributed by atoms with Crippen LogP contribution in [0.25, 0.3) is 0 Å². The minimum atomic E-state index is -0.124. The molecule has 0 heterocycles. The fraction of sp³-hybridized carbons (Fsp3) is 0.846. The lowest BCUT2D eigenvalue weighted by Gasteiger charge is -2.51. The van der Waals surface area contributed by atoms with E-state index in [1.165, 1.54) is 19.3 Å². The number of rotatable bonds is 2. The zero-order valence-electron chi connectivity index (χ0n) is 17.2. The molecule has 0 N–H and O–H groups in total. The van der Waals surface area contributed by atoms with Crippen LogP contribution in [-0.4, -0.2) is 12.6 Å². The molecule has 8 rings (SSSR count). The van der Waals surface area contributed by atoms with E-state index in [-0.39, 0.29) is 17.8 Å². The van der Waals surface area contributed by atoms with Gasteiger partial charge in [-0.25, -0.2) is 0 Å². The van der Waals surface area contributed by atoms with Gasteiger partial charge in [-0.3, -0.25) is 4.79 Å². The number of fused-ring (bicyclic) bond motifs is 23. The molecule has 0 aromatic rings. The fourth-order valence-electron chi connectivity index (χ4n) is 12.2. The predicted octanol–water partition coefficient (Wildman–Crippen LogP) is 4.16. The first kappa shape index (κ1) is 16.4. The highest BCUT2D eigenvalue weighted by Gasteiger charge is 2.77. The van der Waals surface area contributed by atoms with Crippen molar-refractivity contribution >= 4 is 5.97 Å². The highest BCUT2D eigenvalue weighted by molar-refractivity contribution is 5.74. The Morgan fingerprint density at radius 1 is 0.828 bits per heavy atom. The van der Waals surface area contributed by atoms with Gasteiger partial charge in [-0.1, -0.05) is 12.2 Å². The Labute approximate surface area is 173 Å². The van der Waals surface area contributed by atoms with Gasteiger partial charge < -0.3 is 4.74 Å². The van der Waals surface area contributed by atoms with Crippen molar-refractivity contribution in [2.45, 2.75) is 32.6 Å². The second-order valence-corrected chi connectivity index (χ2v) is 12.0. The number of carbonyl (C=O) groups excluding carboxylic acids is 1. The van der Waals surface area contributed by atoms with E-state index in [0.29, 0.717) is 18.4 Å². The van der Waals surface area contributed by atoms with Crippen molar-refractivity contribution in [2.75, 3.05) is 6.61 Å². The van der Waals surface area contributed by atoms with Gasteiger partial charge in [0, 0.05) is 0 Å². The molecule has 7 saturated carbocycles. The Bertz CT molecular complexity index is 872. The Balaban J connectivity index is 1.16. The van der Waals surface area contributed by atoms with Crippen molar-refractivity contribution in [2.24, 2.45) is 94.7 Å². The van der Waals surface area contributed by atoms with Crippen LogP contribution in [0, 0.1) is 106 Å². The summed E-state index contributed by atoms with van der Waals surface area (Å²) in [5, 5.41) is 9.99. The third kappa shape index (κ3) is 1.61. The number of hydrogen-bond acceptors (Lipinski definition) is 3. The molecule has 29 heavy (non-hydrogen) atoms. The molecule has 152 valence electrons. The highest BCUT2D eigenvalue weighted by Crippen LogP contribution is 2.81. The van der Waals surface area contributed by atoms with Gasteiger partial charge in [0.05, 0.1) is 24.5 Å². The quantitative estimate of drug-likeness (QED) is 0.405. The smallest absolute Gasteiger partial charge is 0.310 e. The number of nitriles is 1. The summed E-state index contributed by atoms with van der Waals surface area (Å²) in [5.74, 6) is 11.6. The number of hydrogen-bond donors (Lipinski definition) is 0. The number of nitrogens with zero attached hydrogens (tertiary/aromatic N) is 1. The van der Waals surface area contributed by atoms with E-state index in [2.05, 4.69) is 18.2 Å². The number of esters is 1. The van der Waals surface area contributed by atoms with E-state index in [1.54, 1.807) is 0 Å². The topological polar surface area (TPSA) is 50.1 Å². The molecule has 0 spiro atoms. The van der Waals surface area contributed by atoms with Gasteiger partial charge in [0.1, 0.15) is 0 Å². The van der Waals surface area contributed by atoms with Crippen molar-refractivity contribution in [3.8, 4) is 6.07 Å². The molecule has 0 amide bonds. The maximum atomic E-state index is 12.8. The molecule has 8 bridgehead atoms. The minimum Gasteiger partial charge on any atom is -0.466 e. The van der Waals surface area contributed by atoms with Crippen LogP contribution in [0.5, 0.6) is 0 Å². The molecule has 0 saturated heterocycles. The van der Waals surface area contributed by atoms with E-state index >= 15 is 0 Å². The summed E-state index contributed by atoms with van der Waals surface area (Å²) in [6, 6.07) is 2.60. The van der Waals surface area contributed by atoms with Crippen molar-refractivity contribution in [1.82, 2.24) is 0 Å². The van der Waals surface area contributed by atoms with Crippen LogP contribution in [0.3, 0.4) is 0 Å². The summed E-state index contributed by atoms with van der Waals surface area (Å²) in [6.45, 7) is 2.34. The minimum absolute atomic E-state index is 0.0597. The summed E-state index contributed by atoms with van der Waals surface area (Å²) in [4.78, 5) is 12.8. The monoisotopic (exact) mass is 389 g/mol. The molecular weight excluding hydrogens is 358 g/mol.